The van der Waals surface area contributed by atoms with Crippen molar-refractivity contribution in [2.45, 2.75) is 25.1 Å². The number of esters is 1. The summed E-state index contributed by atoms with van der Waals surface area (Å²) in [6.07, 6.45) is -0.386. The molecule has 2 atom stereocenters. The molecule has 104 valence electrons. The first kappa shape index (κ1) is 13.9. The molecule has 4 nitrogen and oxygen atoms in total. The normalized spacial score (nSPS) is 23.6. The molecular formula is C13H15F2NO3. The Balaban J connectivity index is 2.14. The van der Waals surface area contributed by atoms with E-state index in [-0.39, 0.29) is 25.1 Å². The molecule has 2 unspecified atom stereocenters. The predicted octanol–water partition coefficient (Wildman–Crippen LogP) is 1.07. The molecule has 0 radical (unpaired) electrons. The van der Waals surface area contributed by atoms with Crippen molar-refractivity contribution in [3.63, 3.8) is 0 Å². The van der Waals surface area contributed by atoms with Crippen LogP contribution >= 0.6 is 0 Å². The van der Waals surface area contributed by atoms with E-state index in [2.05, 4.69) is 4.74 Å². The quantitative estimate of drug-likeness (QED) is 0.836. The summed E-state index contributed by atoms with van der Waals surface area (Å²) in [5, 5.41) is 9.60. The van der Waals surface area contributed by atoms with Gasteiger partial charge in [-0.2, -0.15) is 0 Å². The Kier molecular flexibility index (Phi) is 4.11. The van der Waals surface area contributed by atoms with Gasteiger partial charge in [0.05, 0.1) is 13.2 Å². The number of halogens is 2. The molecule has 0 spiro atoms. The van der Waals surface area contributed by atoms with Crippen LogP contribution < -0.4 is 0 Å². The summed E-state index contributed by atoms with van der Waals surface area (Å²) in [5.74, 6) is -1.77. The molecule has 1 N–H and O–H groups in total. The summed E-state index contributed by atoms with van der Waals surface area (Å²) < 4.78 is 31.0. The predicted molar refractivity (Wildman–Crippen MR) is 63.2 cm³/mol. The number of carbonyl (C=O) groups is 1. The molecule has 1 aromatic carbocycles. The molecule has 0 saturated carbocycles. The lowest BCUT2D eigenvalue weighted by Crippen LogP contribution is -2.36. The Bertz CT molecular complexity index is 481. The largest absolute Gasteiger partial charge is 0.468 e. The molecule has 6 heteroatoms. The number of likely N-dealkylation sites (tertiary alicyclic amines) is 1. The van der Waals surface area contributed by atoms with Gasteiger partial charge in [-0.25, -0.2) is 8.78 Å². The summed E-state index contributed by atoms with van der Waals surface area (Å²) >= 11 is 0. The number of methoxy groups -OCH3 is 1. The third-order valence-electron chi connectivity index (χ3n) is 3.24. The lowest BCUT2D eigenvalue weighted by Gasteiger charge is -2.22. The van der Waals surface area contributed by atoms with Crippen molar-refractivity contribution in [2.24, 2.45) is 0 Å². The summed E-state index contributed by atoms with van der Waals surface area (Å²) in [7, 11) is 1.27. The number of aliphatic hydroxyl groups is 1. The Morgan fingerprint density at radius 1 is 1.53 bits per heavy atom. The van der Waals surface area contributed by atoms with E-state index in [0.717, 1.165) is 12.1 Å². The highest BCUT2D eigenvalue weighted by Gasteiger charge is 2.36. The van der Waals surface area contributed by atoms with Gasteiger partial charge in [0.1, 0.15) is 17.7 Å². The van der Waals surface area contributed by atoms with Crippen LogP contribution in [0.5, 0.6) is 0 Å². The molecule has 1 fully saturated rings. The van der Waals surface area contributed by atoms with E-state index < -0.39 is 29.7 Å². The Morgan fingerprint density at radius 2 is 2.26 bits per heavy atom. The van der Waals surface area contributed by atoms with Gasteiger partial charge in [0.2, 0.25) is 0 Å². The van der Waals surface area contributed by atoms with Crippen molar-refractivity contribution in [3.8, 4) is 0 Å². The number of nitrogens with zero attached hydrogens (tertiary/aromatic N) is 1. The maximum atomic E-state index is 13.6. The zero-order chi connectivity index (χ0) is 14.0. The first-order valence-electron chi connectivity index (χ1n) is 5.95. The van der Waals surface area contributed by atoms with E-state index in [9.17, 15) is 18.7 Å². The van der Waals surface area contributed by atoms with Crippen molar-refractivity contribution in [1.29, 1.82) is 0 Å². The van der Waals surface area contributed by atoms with Gasteiger partial charge in [-0.3, -0.25) is 9.69 Å². The van der Waals surface area contributed by atoms with Crippen molar-refractivity contribution in [3.05, 3.63) is 35.4 Å². The monoisotopic (exact) mass is 271 g/mol. The lowest BCUT2D eigenvalue weighted by molar-refractivity contribution is -0.146. The Labute approximate surface area is 109 Å². The highest BCUT2D eigenvalue weighted by Crippen LogP contribution is 2.22. The molecule has 0 aromatic heterocycles. The van der Waals surface area contributed by atoms with Gasteiger partial charge < -0.3 is 9.84 Å². The molecule has 0 aliphatic carbocycles. The lowest BCUT2D eigenvalue weighted by atomic mass is 10.1. The first-order valence-corrected chi connectivity index (χ1v) is 5.95. The van der Waals surface area contributed by atoms with Crippen molar-refractivity contribution in [1.82, 2.24) is 4.90 Å². The number of hydrogen-bond acceptors (Lipinski definition) is 4. The van der Waals surface area contributed by atoms with Crippen LogP contribution in [0.15, 0.2) is 18.2 Å². The number of ether oxygens (including phenoxy) is 1. The van der Waals surface area contributed by atoms with Crippen molar-refractivity contribution < 1.29 is 23.4 Å². The first-order chi connectivity index (χ1) is 9.01. The van der Waals surface area contributed by atoms with Gasteiger partial charge in [0.15, 0.2) is 0 Å². The van der Waals surface area contributed by atoms with Crippen LogP contribution in [0.25, 0.3) is 0 Å². The zero-order valence-electron chi connectivity index (χ0n) is 10.5. The number of rotatable bonds is 3. The highest BCUT2D eigenvalue weighted by molar-refractivity contribution is 5.76. The summed E-state index contributed by atoms with van der Waals surface area (Å²) in [5.41, 5.74) is 0.282. The Morgan fingerprint density at radius 3 is 2.89 bits per heavy atom. The van der Waals surface area contributed by atoms with Crippen LogP contribution in [-0.4, -0.2) is 41.8 Å². The number of benzene rings is 1. The average molecular weight is 271 g/mol. The van der Waals surface area contributed by atoms with Gasteiger partial charge in [0.25, 0.3) is 0 Å². The molecule has 1 heterocycles. The van der Waals surface area contributed by atoms with Crippen LogP contribution in [0.1, 0.15) is 12.0 Å². The number of hydrogen-bond donors (Lipinski definition) is 1. The molecule has 0 bridgehead atoms. The zero-order valence-corrected chi connectivity index (χ0v) is 10.5. The van der Waals surface area contributed by atoms with Crippen molar-refractivity contribution in [2.75, 3.05) is 13.7 Å². The van der Waals surface area contributed by atoms with E-state index in [1.165, 1.54) is 13.2 Å². The SMILES string of the molecule is COC(=O)C1CC(O)CN1Cc1ccc(F)cc1F. The molecule has 1 saturated heterocycles. The third-order valence-corrected chi connectivity index (χ3v) is 3.24. The van der Waals surface area contributed by atoms with E-state index in [4.69, 9.17) is 0 Å². The molecule has 1 aliphatic heterocycles. The molecular weight excluding hydrogens is 256 g/mol. The fourth-order valence-electron chi connectivity index (χ4n) is 2.30. The third kappa shape index (κ3) is 3.08. The van der Waals surface area contributed by atoms with Crippen LogP contribution in [0.4, 0.5) is 8.78 Å². The van der Waals surface area contributed by atoms with E-state index >= 15 is 0 Å². The maximum Gasteiger partial charge on any atom is 0.323 e. The second-order valence-corrected chi connectivity index (χ2v) is 4.59. The van der Waals surface area contributed by atoms with Gasteiger partial charge in [-0.05, 0) is 6.07 Å². The minimum atomic E-state index is -0.662. The highest BCUT2D eigenvalue weighted by atomic mass is 19.1. The van der Waals surface area contributed by atoms with Crippen molar-refractivity contribution >= 4 is 5.97 Å². The maximum absolute atomic E-state index is 13.6. The molecule has 2 rings (SSSR count). The second-order valence-electron chi connectivity index (χ2n) is 4.59. The minimum Gasteiger partial charge on any atom is -0.468 e. The van der Waals surface area contributed by atoms with Crippen LogP contribution in [0.3, 0.4) is 0 Å². The summed E-state index contributed by atoms with van der Waals surface area (Å²) in [6.45, 7) is 0.388. The molecule has 1 aliphatic rings. The number of aliphatic hydroxyl groups excluding tert-OH is 1. The minimum absolute atomic E-state index is 0.128. The fraction of sp³-hybridized carbons (Fsp3) is 0.462. The number of β-amino-alcohol motifs (C(OH)–C–C–N with tert-alkyl or cyclic N) is 1. The van der Waals surface area contributed by atoms with Gasteiger partial charge in [-0.15, -0.1) is 0 Å². The summed E-state index contributed by atoms with van der Waals surface area (Å²) in [6, 6.07) is 2.71. The smallest absolute Gasteiger partial charge is 0.323 e. The average Bonchev–Trinajstić information content (AvgIpc) is 2.73. The van der Waals surface area contributed by atoms with Crippen LogP contribution in [-0.2, 0) is 16.1 Å². The van der Waals surface area contributed by atoms with Crippen LogP contribution in [0.2, 0.25) is 0 Å². The van der Waals surface area contributed by atoms with Gasteiger partial charge in [-0.1, -0.05) is 6.07 Å². The fourth-order valence-corrected chi connectivity index (χ4v) is 2.30. The molecule has 0 amide bonds. The van der Waals surface area contributed by atoms with E-state index in [1.807, 2.05) is 0 Å². The second kappa shape index (κ2) is 5.63. The van der Waals surface area contributed by atoms with Gasteiger partial charge in [0, 0.05) is 31.1 Å². The topological polar surface area (TPSA) is 49.8 Å². The van der Waals surface area contributed by atoms with E-state index in [0.29, 0.717) is 0 Å². The van der Waals surface area contributed by atoms with Gasteiger partial charge >= 0.3 is 5.97 Å². The standard InChI is InChI=1S/C13H15F2NO3/c1-19-13(18)12-5-10(17)7-16(12)6-8-2-3-9(14)4-11(8)15/h2-4,10,12,17H,5-7H2,1H3. The number of carbonyl (C=O) groups excluding carboxylic acids is 1. The molecule has 1 aromatic rings. The Hall–Kier alpha value is -1.53. The van der Waals surface area contributed by atoms with E-state index in [1.54, 1.807) is 4.90 Å². The van der Waals surface area contributed by atoms with Crippen LogP contribution in [0, 0.1) is 11.6 Å². The molecule has 19 heavy (non-hydrogen) atoms. The summed E-state index contributed by atoms with van der Waals surface area (Å²) in [4.78, 5) is 13.2.